The summed E-state index contributed by atoms with van der Waals surface area (Å²) in [4.78, 5) is 29.2. The Morgan fingerprint density at radius 3 is 2.79 bits per heavy atom. The molecule has 0 aromatic carbocycles. The minimum absolute atomic E-state index is 0.0927. The van der Waals surface area contributed by atoms with Gasteiger partial charge in [0.2, 0.25) is 5.91 Å². The van der Waals surface area contributed by atoms with E-state index in [0.29, 0.717) is 18.5 Å². The highest BCUT2D eigenvalue weighted by molar-refractivity contribution is 6.32. The molecule has 2 amide bonds. The number of hydrogen-bond acceptors (Lipinski definition) is 3. The van der Waals surface area contributed by atoms with Crippen molar-refractivity contribution < 1.29 is 9.59 Å². The van der Waals surface area contributed by atoms with Crippen LogP contribution < -0.4 is 5.32 Å². The molecule has 19 heavy (non-hydrogen) atoms. The number of nitrogens with one attached hydrogen (secondary N) is 1. The fraction of sp³-hybridized carbons (Fsp3) is 0.462. The molecule has 2 heterocycles. The van der Waals surface area contributed by atoms with Crippen LogP contribution in [0, 0.1) is 0 Å². The maximum atomic E-state index is 11.8. The van der Waals surface area contributed by atoms with Crippen molar-refractivity contribution in [1.82, 2.24) is 15.2 Å². The second kappa shape index (κ2) is 6.52. The van der Waals surface area contributed by atoms with Crippen LogP contribution in [0.3, 0.4) is 0 Å². The van der Waals surface area contributed by atoms with Crippen LogP contribution in [0.15, 0.2) is 18.3 Å². The lowest BCUT2D eigenvalue weighted by Gasteiger charge is -2.15. The molecule has 5 nitrogen and oxygen atoms in total. The predicted octanol–water partition coefficient (Wildman–Crippen LogP) is 1.48. The van der Waals surface area contributed by atoms with Gasteiger partial charge in [0, 0.05) is 32.3 Å². The zero-order valence-corrected chi connectivity index (χ0v) is 11.3. The van der Waals surface area contributed by atoms with Gasteiger partial charge >= 0.3 is 0 Å². The third-order valence-corrected chi connectivity index (χ3v) is 3.39. The number of amides is 2. The van der Waals surface area contributed by atoms with E-state index in [1.165, 1.54) is 6.20 Å². The van der Waals surface area contributed by atoms with Gasteiger partial charge in [0.15, 0.2) is 0 Å². The smallest absolute Gasteiger partial charge is 0.254 e. The molecule has 2 rings (SSSR count). The Labute approximate surface area is 117 Å². The van der Waals surface area contributed by atoms with E-state index < -0.39 is 0 Å². The van der Waals surface area contributed by atoms with Crippen LogP contribution in [0.25, 0.3) is 0 Å². The molecule has 102 valence electrons. The van der Waals surface area contributed by atoms with Gasteiger partial charge in [-0.2, -0.15) is 0 Å². The Balaban J connectivity index is 1.78. The van der Waals surface area contributed by atoms with Crippen molar-refractivity contribution in [2.24, 2.45) is 0 Å². The fourth-order valence-electron chi connectivity index (χ4n) is 2.06. The summed E-state index contributed by atoms with van der Waals surface area (Å²) in [5.41, 5.74) is 0.331. The minimum atomic E-state index is -0.299. The summed E-state index contributed by atoms with van der Waals surface area (Å²) in [6, 6.07) is 3.25. The van der Waals surface area contributed by atoms with Crippen LogP contribution in [-0.2, 0) is 4.79 Å². The number of aromatic nitrogens is 1. The summed E-state index contributed by atoms with van der Waals surface area (Å²) >= 11 is 5.82. The highest BCUT2D eigenvalue weighted by Crippen LogP contribution is 2.11. The fourth-order valence-corrected chi connectivity index (χ4v) is 2.26. The maximum Gasteiger partial charge on any atom is 0.254 e. The van der Waals surface area contributed by atoms with Crippen molar-refractivity contribution >= 4 is 23.4 Å². The van der Waals surface area contributed by atoms with E-state index in [-0.39, 0.29) is 17.0 Å². The lowest BCUT2D eigenvalue weighted by Crippen LogP contribution is -2.32. The molecule has 6 heteroatoms. The Kier molecular flexibility index (Phi) is 4.74. The Bertz CT molecular complexity index is 473. The summed E-state index contributed by atoms with van der Waals surface area (Å²) in [5.74, 6) is -0.206. The first-order chi connectivity index (χ1) is 9.18. The van der Waals surface area contributed by atoms with Gasteiger partial charge in [-0.25, -0.2) is 4.98 Å². The van der Waals surface area contributed by atoms with Gasteiger partial charge in [-0.15, -0.1) is 0 Å². The van der Waals surface area contributed by atoms with Crippen LogP contribution in [0.4, 0.5) is 0 Å². The van der Waals surface area contributed by atoms with Gasteiger partial charge in [-0.05, 0) is 25.0 Å². The average molecular weight is 282 g/mol. The Morgan fingerprint density at radius 2 is 2.11 bits per heavy atom. The van der Waals surface area contributed by atoms with E-state index in [0.717, 1.165) is 25.9 Å². The summed E-state index contributed by atoms with van der Waals surface area (Å²) in [6.07, 6.45) is 3.99. The number of halogens is 1. The Morgan fingerprint density at radius 1 is 1.37 bits per heavy atom. The largest absolute Gasteiger partial charge is 0.351 e. The van der Waals surface area contributed by atoms with Crippen molar-refractivity contribution in [2.75, 3.05) is 19.6 Å². The second-order valence-corrected chi connectivity index (χ2v) is 4.79. The zero-order valence-electron chi connectivity index (χ0n) is 10.6. The highest BCUT2D eigenvalue weighted by Gasteiger charge is 2.17. The van der Waals surface area contributed by atoms with Crippen molar-refractivity contribution in [3.8, 4) is 0 Å². The first-order valence-corrected chi connectivity index (χ1v) is 6.73. The molecule has 1 aromatic heterocycles. The zero-order chi connectivity index (χ0) is 13.7. The van der Waals surface area contributed by atoms with Crippen molar-refractivity contribution in [3.05, 3.63) is 29.0 Å². The van der Waals surface area contributed by atoms with E-state index in [1.54, 1.807) is 12.1 Å². The monoisotopic (exact) mass is 281 g/mol. The number of carbonyl (C=O) groups excluding carboxylic acids is 2. The van der Waals surface area contributed by atoms with Crippen LogP contribution in [0.2, 0.25) is 5.15 Å². The van der Waals surface area contributed by atoms with Crippen LogP contribution >= 0.6 is 11.6 Å². The molecule has 1 aromatic rings. The maximum absolute atomic E-state index is 11.8. The van der Waals surface area contributed by atoms with Crippen LogP contribution in [0.1, 0.15) is 29.6 Å². The molecule has 1 aliphatic heterocycles. The lowest BCUT2D eigenvalue weighted by atomic mass is 10.2. The van der Waals surface area contributed by atoms with E-state index in [9.17, 15) is 9.59 Å². The summed E-state index contributed by atoms with van der Waals surface area (Å²) in [7, 11) is 0. The number of rotatable bonds is 4. The van der Waals surface area contributed by atoms with Gasteiger partial charge in [0.25, 0.3) is 5.91 Å². The first kappa shape index (κ1) is 13.8. The van der Waals surface area contributed by atoms with E-state index in [1.807, 2.05) is 4.90 Å². The second-order valence-electron chi connectivity index (χ2n) is 4.44. The van der Waals surface area contributed by atoms with E-state index >= 15 is 0 Å². The molecule has 1 saturated heterocycles. The molecule has 0 radical (unpaired) electrons. The quantitative estimate of drug-likeness (QED) is 0.850. The number of pyridine rings is 1. The van der Waals surface area contributed by atoms with Crippen LogP contribution in [-0.4, -0.2) is 41.3 Å². The average Bonchev–Trinajstić information content (AvgIpc) is 2.93. The van der Waals surface area contributed by atoms with Crippen molar-refractivity contribution in [1.29, 1.82) is 0 Å². The van der Waals surface area contributed by atoms with Gasteiger partial charge in [0.1, 0.15) is 5.15 Å². The first-order valence-electron chi connectivity index (χ1n) is 6.35. The highest BCUT2D eigenvalue weighted by atomic mass is 35.5. The third-order valence-electron chi connectivity index (χ3n) is 3.09. The number of likely N-dealkylation sites (tertiary alicyclic amines) is 1. The van der Waals surface area contributed by atoms with E-state index in [4.69, 9.17) is 11.6 Å². The molecule has 0 saturated carbocycles. The van der Waals surface area contributed by atoms with Crippen molar-refractivity contribution in [2.45, 2.75) is 19.3 Å². The third kappa shape index (κ3) is 3.67. The SMILES string of the molecule is O=C(NCCC(=O)N1CCCC1)c1cccnc1Cl. The minimum Gasteiger partial charge on any atom is -0.351 e. The van der Waals surface area contributed by atoms with Gasteiger partial charge in [0.05, 0.1) is 5.56 Å². The van der Waals surface area contributed by atoms with Crippen LogP contribution in [0.5, 0.6) is 0 Å². The Hall–Kier alpha value is -1.62. The molecule has 1 aliphatic rings. The number of carbonyl (C=O) groups is 2. The molecule has 1 fully saturated rings. The van der Waals surface area contributed by atoms with Gasteiger partial charge < -0.3 is 10.2 Å². The molecule has 0 spiro atoms. The van der Waals surface area contributed by atoms with Gasteiger partial charge in [-0.1, -0.05) is 11.6 Å². The van der Waals surface area contributed by atoms with Gasteiger partial charge in [-0.3, -0.25) is 9.59 Å². The predicted molar refractivity (Wildman–Crippen MR) is 72.0 cm³/mol. The molecule has 0 aliphatic carbocycles. The topological polar surface area (TPSA) is 62.3 Å². The standard InChI is InChI=1S/C13H16ClN3O2/c14-12-10(4-3-6-15-12)13(19)16-7-5-11(18)17-8-1-2-9-17/h3-4,6H,1-2,5,7-9H2,(H,16,19). The number of hydrogen-bond donors (Lipinski definition) is 1. The molecule has 0 unspecified atom stereocenters. The van der Waals surface area contributed by atoms with Crippen molar-refractivity contribution in [3.63, 3.8) is 0 Å². The summed E-state index contributed by atoms with van der Waals surface area (Å²) in [5, 5.41) is 2.86. The molecule has 0 atom stereocenters. The lowest BCUT2D eigenvalue weighted by molar-refractivity contribution is -0.129. The molecule has 0 bridgehead atoms. The summed E-state index contributed by atoms with van der Waals surface area (Å²) in [6.45, 7) is 1.99. The van der Waals surface area contributed by atoms with E-state index in [2.05, 4.69) is 10.3 Å². The molecular formula is C13H16ClN3O2. The number of nitrogens with zero attached hydrogens (tertiary/aromatic N) is 2. The molecule has 1 N–H and O–H groups in total. The normalized spacial score (nSPS) is 14.5. The summed E-state index contributed by atoms with van der Waals surface area (Å²) < 4.78 is 0. The molecular weight excluding hydrogens is 266 g/mol.